The van der Waals surface area contributed by atoms with Crippen molar-refractivity contribution in [3.05, 3.63) is 12.2 Å². The molecule has 0 aromatic carbocycles. The Hall–Kier alpha value is -1.60. The minimum Gasteiger partial charge on any atom is -0.462 e. The lowest BCUT2D eigenvalue weighted by atomic mass is 9.43. The number of hydrogen-bond donors (Lipinski definition) is 4. The maximum absolute atomic E-state index is 12.4. The first-order valence-electron chi connectivity index (χ1n) is 13.4. The molecule has 1 heterocycles. The second-order valence-corrected chi connectivity index (χ2v) is 12.3. The van der Waals surface area contributed by atoms with Crippen molar-refractivity contribution in [1.82, 2.24) is 10.6 Å². The second-order valence-electron chi connectivity index (χ2n) is 12.3. The van der Waals surface area contributed by atoms with Gasteiger partial charge in [-0.15, -0.1) is 0 Å². The second kappa shape index (κ2) is 8.81. The summed E-state index contributed by atoms with van der Waals surface area (Å²) < 4.78 is 5.36. The van der Waals surface area contributed by atoms with Crippen molar-refractivity contribution in [2.24, 2.45) is 40.4 Å². The number of aliphatic hydroxyl groups excluding tert-OH is 1. The van der Waals surface area contributed by atoms with Crippen molar-refractivity contribution in [2.75, 3.05) is 19.8 Å². The van der Waals surface area contributed by atoms with E-state index in [4.69, 9.17) is 9.84 Å². The molecular formula is C27H42N2O5. The molecule has 7 heteroatoms. The largest absolute Gasteiger partial charge is 0.462 e. The number of esters is 1. The van der Waals surface area contributed by atoms with Crippen LogP contribution in [0.2, 0.25) is 0 Å². The molecule has 4 N–H and O–H groups in total. The van der Waals surface area contributed by atoms with Crippen LogP contribution < -0.4 is 10.6 Å². The molecule has 0 spiro atoms. The smallest absolute Gasteiger partial charge is 0.330 e. The van der Waals surface area contributed by atoms with Gasteiger partial charge in [0.1, 0.15) is 0 Å². The molecule has 190 valence electrons. The average Bonchev–Trinajstić information content (AvgIpc) is 3.10. The molecule has 1 unspecified atom stereocenters. The molecule has 4 saturated carbocycles. The Morgan fingerprint density at radius 1 is 1.09 bits per heavy atom. The topological polar surface area (TPSA) is 108 Å². The third kappa shape index (κ3) is 3.69. The highest BCUT2D eigenvalue weighted by Crippen LogP contribution is 2.69. The van der Waals surface area contributed by atoms with Crippen LogP contribution in [0.3, 0.4) is 0 Å². The summed E-state index contributed by atoms with van der Waals surface area (Å²) in [5.74, 6) is 1.72. The van der Waals surface area contributed by atoms with Crippen molar-refractivity contribution < 1.29 is 24.5 Å². The minimum absolute atomic E-state index is 0.0489. The molecule has 9 atom stereocenters. The molecule has 4 aliphatic carbocycles. The van der Waals surface area contributed by atoms with E-state index in [0.29, 0.717) is 30.3 Å². The van der Waals surface area contributed by atoms with E-state index in [-0.39, 0.29) is 47.9 Å². The third-order valence-electron chi connectivity index (χ3n) is 11.1. The van der Waals surface area contributed by atoms with Crippen LogP contribution in [0.15, 0.2) is 12.2 Å². The fraction of sp³-hybridized carbons (Fsp3) is 0.852. The fourth-order valence-electron chi connectivity index (χ4n) is 9.22. The number of hydrogen-bond acceptors (Lipinski definition) is 5. The highest BCUT2D eigenvalue weighted by Gasteiger charge is 2.67. The van der Waals surface area contributed by atoms with E-state index in [2.05, 4.69) is 24.5 Å². The zero-order chi connectivity index (χ0) is 24.1. The summed E-state index contributed by atoms with van der Waals surface area (Å²) in [6, 6.07) is 0.000411. The number of amides is 2. The van der Waals surface area contributed by atoms with Gasteiger partial charge in [-0.2, -0.15) is 0 Å². The number of aliphatic hydroxyl groups is 2. The molecular weight excluding hydrogens is 432 g/mol. The lowest BCUT2D eigenvalue weighted by molar-refractivity contribution is -0.210. The van der Waals surface area contributed by atoms with Gasteiger partial charge in [0.05, 0.1) is 18.8 Å². The van der Waals surface area contributed by atoms with Gasteiger partial charge >= 0.3 is 12.0 Å². The van der Waals surface area contributed by atoms with Gasteiger partial charge in [-0.25, -0.2) is 9.59 Å². The van der Waals surface area contributed by atoms with E-state index in [1.165, 1.54) is 0 Å². The Balaban J connectivity index is 1.30. The van der Waals surface area contributed by atoms with E-state index in [0.717, 1.165) is 57.8 Å². The Morgan fingerprint density at radius 2 is 1.88 bits per heavy atom. The van der Waals surface area contributed by atoms with Gasteiger partial charge in [-0.05, 0) is 86.9 Å². The Bertz CT molecular complexity index is 847. The SMILES string of the molecule is C[C@]12CC[C@H](NC(=O)NCCO)C[C@H]1CC[C@@H]1[C@@H]2CC[C@]2(C)[C@@H](C3C=CC(=O)OC3)CC[C@]12O. The fourth-order valence-corrected chi connectivity index (χ4v) is 9.22. The molecule has 0 bridgehead atoms. The van der Waals surface area contributed by atoms with Gasteiger partial charge < -0.3 is 25.6 Å². The van der Waals surface area contributed by atoms with Gasteiger partial charge in [-0.1, -0.05) is 19.9 Å². The molecule has 5 aliphatic rings. The van der Waals surface area contributed by atoms with E-state index < -0.39 is 5.60 Å². The number of cyclic esters (lactones) is 1. The van der Waals surface area contributed by atoms with Gasteiger partial charge in [-0.3, -0.25) is 0 Å². The summed E-state index contributed by atoms with van der Waals surface area (Å²) >= 11 is 0. The normalized spacial score (nSPS) is 47.7. The Kier molecular flexibility index (Phi) is 6.25. The standard InChI is InChI=1S/C27H42N2O5/c1-25-10-7-19(29-24(32)28-13-14-30)15-18(25)4-5-22-21(25)8-11-26(2)20(9-12-27(22,26)33)17-3-6-23(31)34-16-17/h3,6,17-22,30,33H,4-5,7-16H2,1-2H3,(H2,28,29,32)/t17?,18-,19+,20-,21+,22-,25+,26-,27+/m1/s1. The quantitative estimate of drug-likeness (QED) is 0.468. The van der Waals surface area contributed by atoms with Gasteiger partial charge in [0.15, 0.2) is 0 Å². The summed E-state index contributed by atoms with van der Waals surface area (Å²) in [7, 11) is 0. The maximum atomic E-state index is 12.4. The molecule has 5 rings (SSSR count). The van der Waals surface area contributed by atoms with Crippen LogP contribution >= 0.6 is 0 Å². The van der Waals surface area contributed by atoms with Crippen molar-refractivity contribution in [3.8, 4) is 0 Å². The lowest BCUT2D eigenvalue weighted by Gasteiger charge is -2.64. The molecule has 0 aromatic heterocycles. The zero-order valence-electron chi connectivity index (χ0n) is 20.7. The molecule has 0 aromatic rings. The highest BCUT2D eigenvalue weighted by molar-refractivity contribution is 5.82. The van der Waals surface area contributed by atoms with Crippen LogP contribution in [0, 0.1) is 40.4 Å². The van der Waals surface area contributed by atoms with Crippen molar-refractivity contribution in [3.63, 3.8) is 0 Å². The molecule has 0 saturated heterocycles. The predicted octanol–water partition coefficient (Wildman–Crippen LogP) is 3.15. The molecule has 1 aliphatic heterocycles. The van der Waals surface area contributed by atoms with E-state index >= 15 is 0 Å². The number of rotatable bonds is 4. The predicted molar refractivity (Wildman–Crippen MR) is 128 cm³/mol. The van der Waals surface area contributed by atoms with Crippen LogP contribution in [0.4, 0.5) is 4.79 Å². The molecule has 34 heavy (non-hydrogen) atoms. The minimum atomic E-state index is -0.650. The van der Waals surface area contributed by atoms with Crippen LogP contribution in [-0.2, 0) is 9.53 Å². The maximum Gasteiger partial charge on any atom is 0.330 e. The van der Waals surface area contributed by atoms with E-state index in [1.54, 1.807) is 6.08 Å². The van der Waals surface area contributed by atoms with Gasteiger partial charge in [0.2, 0.25) is 0 Å². The molecule has 0 radical (unpaired) electrons. The monoisotopic (exact) mass is 474 g/mol. The molecule has 2 amide bonds. The lowest BCUT2D eigenvalue weighted by Crippen LogP contribution is -2.63. The van der Waals surface area contributed by atoms with E-state index in [1.807, 2.05) is 6.08 Å². The number of nitrogens with one attached hydrogen (secondary N) is 2. The summed E-state index contributed by atoms with van der Waals surface area (Å²) in [5, 5.41) is 27.1. The number of fused-ring (bicyclic) bond motifs is 5. The van der Waals surface area contributed by atoms with Crippen molar-refractivity contribution >= 4 is 12.0 Å². The summed E-state index contributed by atoms with van der Waals surface area (Å²) in [4.78, 5) is 23.7. The van der Waals surface area contributed by atoms with Crippen LogP contribution in [0.25, 0.3) is 0 Å². The van der Waals surface area contributed by atoms with Gasteiger partial charge in [0, 0.05) is 30.0 Å². The number of carbonyl (C=O) groups excluding carboxylic acids is 2. The Morgan fingerprint density at radius 3 is 2.62 bits per heavy atom. The number of ether oxygens (including phenoxy) is 1. The first-order chi connectivity index (χ1) is 16.2. The Labute approximate surface area is 203 Å². The summed E-state index contributed by atoms with van der Waals surface area (Å²) in [6.45, 7) is 5.44. The van der Waals surface area contributed by atoms with Crippen LogP contribution in [-0.4, -0.2) is 53.6 Å². The first kappa shape index (κ1) is 24.1. The zero-order valence-corrected chi connectivity index (χ0v) is 20.7. The van der Waals surface area contributed by atoms with Crippen LogP contribution in [0.1, 0.15) is 71.6 Å². The average molecular weight is 475 g/mol. The van der Waals surface area contributed by atoms with Crippen molar-refractivity contribution in [2.45, 2.75) is 83.3 Å². The highest BCUT2D eigenvalue weighted by atomic mass is 16.5. The van der Waals surface area contributed by atoms with E-state index in [9.17, 15) is 14.7 Å². The van der Waals surface area contributed by atoms with Crippen LogP contribution in [0.5, 0.6) is 0 Å². The van der Waals surface area contributed by atoms with Crippen molar-refractivity contribution in [1.29, 1.82) is 0 Å². The summed E-state index contributed by atoms with van der Waals surface area (Å²) in [5.41, 5.74) is -0.582. The molecule has 4 fully saturated rings. The number of urea groups is 1. The number of carbonyl (C=O) groups is 2. The van der Waals surface area contributed by atoms with Gasteiger partial charge in [0.25, 0.3) is 0 Å². The summed E-state index contributed by atoms with van der Waals surface area (Å²) in [6.07, 6.45) is 12.9. The molecule has 7 nitrogen and oxygen atoms in total. The first-order valence-corrected chi connectivity index (χ1v) is 13.4. The third-order valence-corrected chi connectivity index (χ3v) is 11.1.